The Bertz CT molecular complexity index is 3510. The van der Waals surface area contributed by atoms with E-state index in [4.69, 9.17) is 57.4 Å². The number of carboxylic acids is 1. The third-order valence-corrected chi connectivity index (χ3v) is 17.5. The summed E-state index contributed by atoms with van der Waals surface area (Å²) in [5.41, 5.74) is -0.826. The number of allylic oxidation sites excluding steroid dienone is 2. The van der Waals surface area contributed by atoms with Crippen molar-refractivity contribution < 1.29 is 97.9 Å². The molecule has 8 atom stereocenters. The number of carbonyl (C=O) groups is 8. The Balaban J connectivity index is 0.000000290. The molecular formula is C70H87Cl2LiN6O16. The number of amides is 6. The Kier molecular flexibility index (Phi) is 25.9. The zero-order valence-corrected chi connectivity index (χ0v) is 56.7. The van der Waals surface area contributed by atoms with Crippen LogP contribution in [0.15, 0.2) is 109 Å². The average molecular weight is 1350 g/mol. The molecule has 2 saturated carbocycles. The Morgan fingerprint density at radius 2 is 1.00 bits per heavy atom. The van der Waals surface area contributed by atoms with Gasteiger partial charge in [0.2, 0.25) is 23.6 Å². The topological polar surface area (TPSA) is 298 Å². The first-order valence-electron chi connectivity index (χ1n) is 32.0. The van der Waals surface area contributed by atoms with Crippen LogP contribution >= 0.6 is 23.2 Å². The molecule has 0 aromatic heterocycles. The average Bonchev–Trinajstić information content (AvgIpc) is 1.58. The van der Waals surface area contributed by atoms with Crippen LogP contribution in [0.4, 0.5) is 9.59 Å². The first kappa shape index (κ1) is 74.8. The quantitative estimate of drug-likeness (QED) is 0.0205. The maximum atomic E-state index is 14.4. The van der Waals surface area contributed by atoms with Crippen molar-refractivity contribution >= 4 is 71.0 Å². The number of halogens is 2. The molecule has 0 bridgehead atoms. The molecule has 22 nitrogen and oxygen atoms in total. The molecule has 4 aliphatic heterocycles. The van der Waals surface area contributed by atoms with Gasteiger partial charge in [0, 0.05) is 47.8 Å². The van der Waals surface area contributed by atoms with Gasteiger partial charge in [0.05, 0.1) is 6.61 Å². The van der Waals surface area contributed by atoms with Crippen molar-refractivity contribution in [2.24, 2.45) is 11.8 Å². The van der Waals surface area contributed by atoms with Gasteiger partial charge < -0.3 is 61.3 Å². The van der Waals surface area contributed by atoms with E-state index in [-0.39, 0.29) is 77.0 Å². The maximum Gasteiger partial charge on any atom is 1.00 e. The smallest absolute Gasteiger partial charge is 1.00 e. The number of hydrogen-bond acceptors (Lipinski definition) is 15. The molecule has 0 saturated heterocycles. The molecular weight excluding hydrogens is 1260 g/mol. The van der Waals surface area contributed by atoms with Gasteiger partial charge in [0.15, 0.2) is 0 Å². The number of benzene rings is 4. The zero-order chi connectivity index (χ0) is 68.1. The van der Waals surface area contributed by atoms with Crippen LogP contribution in [-0.4, -0.2) is 126 Å². The fraction of sp³-hybridized carbons (Fsp3) is 0.486. The van der Waals surface area contributed by atoms with Crippen molar-refractivity contribution in [2.75, 3.05) is 6.61 Å². The van der Waals surface area contributed by atoms with Crippen LogP contribution in [-0.2, 0) is 68.9 Å². The van der Waals surface area contributed by atoms with E-state index >= 15 is 0 Å². The van der Waals surface area contributed by atoms with E-state index in [1.807, 2.05) is 54.6 Å². The van der Waals surface area contributed by atoms with E-state index in [0.717, 1.165) is 60.8 Å². The first-order valence-corrected chi connectivity index (χ1v) is 32.8. The predicted octanol–water partition coefficient (Wildman–Crippen LogP) is 9.13. The van der Waals surface area contributed by atoms with Crippen LogP contribution < -0.4 is 49.6 Å². The second kappa shape index (κ2) is 32.9. The number of nitrogens with one attached hydrogen (secondary N) is 4. The zero-order valence-electron chi connectivity index (χ0n) is 56.2. The molecule has 95 heavy (non-hydrogen) atoms. The maximum absolute atomic E-state index is 14.4. The van der Waals surface area contributed by atoms with Gasteiger partial charge in [-0.25, -0.2) is 19.2 Å². The van der Waals surface area contributed by atoms with Crippen LogP contribution in [0.2, 0.25) is 10.0 Å². The van der Waals surface area contributed by atoms with E-state index in [1.165, 1.54) is 9.80 Å². The molecule has 4 aromatic carbocycles. The Labute approximate surface area is 577 Å². The van der Waals surface area contributed by atoms with Gasteiger partial charge >= 0.3 is 43.0 Å². The van der Waals surface area contributed by atoms with Crippen molar-refractivity contribution in [3.8, 4) is 23.0 Å². The van der Waals surface area contributed by atoms with Crippen molar-refractivity contribution in [1.29, 1.82) is 0 Å². The van der Waals surface area contributed by atoms with Crippen LogP contribution in [0, 0.1) is 11.8 Å². The van der Waals surface area contributed by atoms with Gasteiger partial charge in [-0.3, -0.25) is 29.7 Å². The van der Waals surface area contributed by atoms with E-state index in [1.54, 1.807) is 103 Å². The molecule has 4 aromatic rings. The van der Waals surface area contributed by atoms with Crippen molar-refractivity contribution in [3.63, 3.8) is 0 Å². The summed E-state index contributed by atoms with van der Waals surface area (Å²) >= 11 is 12.3. The van der Waals surface area contributed by atoms with Crippen molar-refractivity contribution in [3.05, 3.63) is 142 Å². The third-order valence-electron chi connectivity index (χ3n) is 17.0. The van der Waals surface area contributed by atoms with Crippen molar-refractivity contribution in [2.45, 2.75) is 198 Å². The summed E-state index contributed by atoms with van der Waals surface area (Å²) in [4.78, 5) is 111. The molecule has 25 heteroatoms. The molecule has 6 amide bonds. The molecule has 2 fully saturated rings. The van der Waals surface area contributed by atoms with Crippen LogP contribution in [0.25, 0.3) is 0 Å². The minimum atomic E-state index is -1.42. The number of aliphatic carboxylic acids is 1. The number of ether oxygens (including phenoxy) is 5. The van der Waals surface area contributed by atoms with Gasteiger partial charge in [0.1, 0.15) is 69.4 Å². The minimum absolute atomic E-state index is 0. The fourth-order valence-corrected chi connectivity index (χ4v) is 12.6. The molecule has 7 N–H and O–H groups in total. The minimum Gasteiger partial charge on any atom is -1.00 e. The molecule has 508 valence electrons. The molecule has 0 radical (unpaired) electrons. The molecule has 2 aliphatic carbocycles. The second-order valence-electron chi connectivity index (χ2n) is 26.5. The second-order valence-corrected chi connectivity index (χ2v) is 27.3. The van der Waals surface area contributed by atoms with E-state index < -0.39 is 88.3 Å². The third kappa shape index (κ3) is 20.0. The van der Waals surface area contributed by atoms with Crippen LogP contribution in [0.3, 0.4) is 0 Å². The number of carbonyl (C=O) groups excluding carboxylic acids is 7. The summed E-state index contributed by atoms with van der Waals surface area (Å²) in [5, 5.41) is 34.5. The summed E-state index contributed by atoms with van der Waals surface area (Å²) in [6, 6.07) is 21.3. The number of alkyl carbamates (subject to hydrolysis) is 2. The van der Waals surface area contributed by atoms with Gasteiger partial charge in [-0.2, -0.15) is 0 Å². The summed E-state index contributed by atoms with van der Waals surface area (Å²) in [5.74, 6) is -1.73. The van der Waals surface area contributed by atoms with E-state index in [0.29, 0.717) is 65.1 Å². The summed E-state index contributed by atoms with van der Waals surface area (Å²) in [7, 11) is 0. The monoisotopic (exact) mass is 1340 g/mol. The van der Waals surface area contributed by atoms with Gasteiger partial charge in [-0.1, -0.05) is 97.5 Å². The largest absolute Gasteiger partial charge is 1.00 e. The van der Waals surface area contributed by atoms with Gasteiger partial charge in [-0.05, 0) is 183 Å². The number of esters is 1. The number of fused-ring (bicyclic) bond motifs is 6. The molecule has 4 heterocycles. The van der Waals surface area contributed by atoms with Gasteiger partial charge in [-0.15, -0.1) is 0 Å². The summed E-state index contributed by atoms with van der Waals surface area (Å²) in [6.07, 6.45) is 14.6. The SMILES string of the molecule is CC(C)(C)OC(=O)N[C@H]1CCCCC/C=C\[C@@H]2C[C@@]2(C(=O)O)NC(=O)C2Cc3cc(Oc4cccc(Cl)c4)ccc3CN2C1=O.CCOC(=O)[C@@]12C[C@H]1/C=C\CCCCC[C@H](NC(=O)OC(C)(C)C)C(=O)N1Cc3ccc(Oc4cccc(Cl)c4)cc3CC1C(=O)N2.OO.[H-].[Li+]. The van der Waals surface area contributed by atoms with Crippen LogP contribution in [0.5, 0.6) is 23.0 Å². The predicted molar refractivity (Wildman–Crippen MR) is 351 cm³/mol. The van der Waals surface area contributed by atoms with E-state index in [9.17, 15) is 43.5 Å². The molecule has 10 rings (SSSR count). The molecule has 2 unspecified atom stereocenters. The Morgan fingerprint density at radius 1 is 0.589 bits per heavy atom. The molecule has 6 aliphatic rings. The number of nitrogens with zero attached hydrogens (tertiary/aromatic N) is 2. The summed E-state index contributed by atoms with van der Waals surface area (Å²) in [6.45, 7) is 12.7. The molecule has 0 spiro atoms. The summed E-state index contributed by atoms with van der Waals surface area (Å²) < 4.78 is 28.4. The Hall–Kier alpha value is -7.58. The first-order chi connectivity index (χ1) is 44.7. The van der Waals surface area contributed by atoms with Gasteiger partial charge in [0.25, 0.3) is 0 Å². The Morgan fingerprint density at radius 3 is 1.41 bits per heavy atom. The fourth-order valence-electron chi connectivity index (χ4n) is 12.2. The van der Waals surface area contributed by atoms with E-state index in [2.05, 4.69) is 21.3 Å². The normalized spacial score (nSPS) is 25.0. The number of rotatable bonds is 9. The number of hydrogen-bond donors (Lipinski definition) is 7. The van der Waals surface area contributed by atoms with Crippen molar-refractivity contribution in [1.82, 2.24) is 31.1 Å². The standard InChI is InChI=1S/C36H44ClN3O7.C34H40ClN3O7.Li.H2O2.H/c1-5-45-33(43)36-21-25(36)12-9-7-6-8-10-15-29(38-34(44)47-35(2,3)4)32(42)40-22-23-16-17-28(46-27-14-11-13-26(37)20-27)18-24(23)19-30(40)31(41)39-36;1-33(2,3)45-32(43)36-27-13-8-6-4-5-7-10-23-19-34(23,31(41)42)37-29(39)28-17-22-16-26(44-25-12-9-11-24(35)18-25)15-14-21(22)20-38(28)30(27)40;;1-2;/h9,11-14,16-18,20,25,29-30H,5-8,10,15,19,21-22H2,1-4H3,(H,38,44)(H,39,41);7,9-12,14-16,18,23,27-28H,4-6,8,13,17,19-20H2,1-3H3,(H,36,43)(H,37,39)(H,41,42);;1-2H;/q;;+1;;-1/b12-9-;10-7-;;;/t25-,29+,30?,36-;23-,27+,28?,34-;;;/m11.../s1. The van der Waals surface area contributed by atoms with Crippen LogP contribution in [0.1, 0.15) is 149 Å². The number of carboxylic acid groups (broad SMARTS) is 1.